The van der Waals surface area contributed by atoms with E-state index in [9.17, 15) is 14.0 Å². The Morgan fingerprint density at radius 3 is 2.41 bits per heavy atom. The highest BCUT2D eigenvalue weighted by molar-refractivity contribution is 6.33. The van der Waals surface area contributed by atoms with Gasteiger partial charge in [0, 0.05) is 23.3 Å². The van der Waals surface area contributed by atoms with Crippen LogP contribution in [0.25, 0.3) is 10.9 Å². The summed E-state index contributed by atoms with van der Waals surface area (Å²) in [5.41, 5.74) is 1.06. The van der Waals surface area contributed by atoms with Crippen molar-refractivity contribution in [2.75, 3.05) is 5.32 Å². The minimum atomic E-state index is -0.369. The van der Waals surface area contributed by atoms with Crippen molar-refractivity contribution in [1.29, 1.82) is 0 Å². The highest BCUT2D eigenvalue weighted by Gasteiger charge is 2.13. The van der Waals surface area contributed by atoms with Gasteiger partial charge in [-0.15, -0.1) is 0 Å². The van der Waals surface area contributed by atoms with E-state index in [1.54, 1.807) is 71.6 Å². The molecule has 7 heteroatoms. The Morgan fingerprint density at radius 1 is 0.966 bits per heavy atom. The van der Waals surface area contributed by atoms with E-state index >= 15 is 0 Å². The molecule has 4 aromatic rings. The molecule has 0 aliphatic carbocycles. The molecule has 0 fully saturated rings. The molecular weight excluding hydrogens is 393 g/mol. The van der Waals surface area contributed by atoms with E-state index in [1.165, 1.54) is 10.6 Å². The number of hydrogen-bond donors (Lipinski definition) is 1. The number of nitrogens with one attached hydrogen (secondary N) is 1. The van der Waals surface area contributed by atoms with Crippen LogP contribution in [0.3, 0.4) is 0 Å². The summed E-state index contributed by atoms with van der Waals surface area (Å²) in [5.74, 6) is -0.698. The summed E-state index contributed by atoms with van der Waals surface area (Å²) in [7, 11) is 0. The standard InChI is InChI=1S/C22H17ClFN3O2/c23-17-6-2-4-8-19(17)25-20(28)14-27-12-10-15-9-11-26(21(15)22(27)29)13-16-5-1-3-7-18(16)24/h1-12H,13-14H2,(H,25,28). The van der Waals surface area contributed by atoms with Gasteiger partial charge in [-0.3, -0.25) is 9.59 Å². The number of halogens is 2. The van der Waals surface area contributed by atoms with Gasteiger partial charge in [-0.25, -0.2) is 4.39 Å². The summed E-state index contributed by atoms with van der Waals surface area (Å²) in [5, 5.41) is 3.85. The molecule has 0 radical (unpaired) electrons. The first-order chi connectivity index (χ1) is 14.0. The first-order valence-electron chi connectivity index (χ1n) is 8.99. The van der Waals surface area contributed by atoms with Crippen LogP contribution in [0, 0.1) is 5.82 Å². The average Bonchev–Trinajstić information content (AvgIpc) is 3.11. The molecule has 2 aromatic carbocycles. The van der Waals surface area contributed by atoms with Crippen molar-refractivity contribution < 1.29 is 9.18 Å². The lowest BCUT2D eigenvalue weighted by molar-refractivity contribution is -0.116. The van der Waals surface area contributed by atoms with Crippen molar-refractivity contribution >= 4 is 34.1 Å². The number of anilines is 1. The van der Waals surface area contributed by atoms with Crippen molar-refractivity contribution in [3.05, 3.63) is 99.8 Å². The molecule has 2 heterocycles. The van der Waals surface area contributed by atoms with Crippen LogP contribution in [0.5, 0.6) is 0 Å². The van der Waals surface area contributed by atoms with E-state index in [2.05, 4.69) is 5.32 Å². The van der Waals surface area contributed by atoms with Crippen LogP contribution in [0.15, 0.2) is 77.9 Å². The summed E-state index contributed by atoms with van der Waals surface area (Å²) < 4.78 is 17.0. The van der Waals surface area contributed by atoms with Crippen LogP contribution < -0.4 is 10.9 Å². The molecule has 2 aromatic heterocycles. The number of amides is 1. The third kappa shape index (κ3) is 3.93. The quantitative estimate of drug-likeness (QED) is 0.534. The molecule has 1 N–H and O–H groups in total. The summed E-state index contributed by atoms with van der Waals surface area (Å²) in [6.07, 6.45) is 3.32. The minimum absolute atomic E-state index is 0.162. The minimum Gasteiger partial charge on any atom is -0.338 e. The van der Waals surface area contributed by atoms with E-state index in [4.69, 9.17) is 11.6 Å². The lowest BCUT2D eigenvalue weighted by atomic mass is 10.2. The van der Waals surface area contributed by atoms with Crippen LogP contribution >= 0.6 is 11.6 Å². The van der Waals surface area contributed by atoms with E-state index in [1.807, 2.05) is 0 Å². The Hall–Kier alpha value is -3.38. The number of benzene rings is 2. The smallest absolute Gasteiger partial charge is 0.275 e. The molecule has 0 unspecified atom stereocenters. The maximum absolute atomic E-state index is 14.0. The van der Waals surface area contributed by atoms with Gasteiger partial charge in [-0.05, 0) is 30.3 Å². The Bertz CT molecular complexity index is 1260. The largest absolute Gasteiger partial charge is 0.338 e. The van der Waals surface area contributed by atoms with Crippen molar-refractivity contribution in [3.8, 4) is 0 Å². The maximum Gasteiger partial charge on any atom is 0.275 e. The van der Waals surface area contributed by atoms with E-state index in [0.29, 0.717) is 21.8 Å². The van der Waals surface area contributed by atoms with Crippen molar-refractivity contribution in [3.63, 3.8) is 0 Å². The number of aromatic nitrogens is 2. The molecule has 1 amide bonds. The van der Waals surface area contributed by atoms with Crippen LogP contribution in [-0.2, 0) is 17.9 Å². The Labute approximate surface area is 171 Å². The third-order valence-corrected chi connectivity index (χ3v) is 4.98. The molecule has 0 spiro atoms. The van der Waals surface area contributed by atoms with Gasteiger partial charge in [0.25, 0.3) is 5.56 Å². The van der Waals surface area contributed by atoms with Crippen molar-refractivity contribution in [1.82, 2.24) is 9.13 Å². The second-order valence-electron chi connectivity index (χ2n) is 6.62. The zero-order valence-electron chi connectivity index (χ0n) is 15.3. The van der Waals surface area contributed by atoms with Crippen LogP contribution in [0.1, 0.15) is 5.56 Å². The van der Waals surface area contributed by atoms with Gasteiger partial charge >= 0.3 is 0 Å². The highest BCUT2D eigenvalue weighted by Crippen LogP contribution is 2.20. The number of carbonyl (C=O) groups excluding carboxylic acids is 1. The summed E-state index contributed by atoms with van der Waals surface area (Å²) in [6.45, 7) is 0.0616. The molecule has 29 heavy (non-hydrogen) atoms. The average molecular weight is 410 g/mol. The van der Waals surface area contributed by atoms with E-state index < -0.39 is 0 Å². The Kier molecular flexibility index (Phi) is 5.18. The summed E-state index contributed by atoms with van der Waals surface area (Å²) in [4.78, 5) is 25.4. The molecule has 0 aliphatic heterocycles. The number of hydrogen-bond acceptors (Lipinski definition) is 2. The van der Waals surface area contributed by atoms with Gasteiger partial charge in [0.15, 0.2) is 0 Å². The number of carbonyl (C=O) groups is 1. The first kappa shape index (κ1) is 19.0. The molecular formula is C22H17ClFN3O2. The van der Waals surface area contributed by atoms with Gasteiger partial charge in [0.05, 0.1) is 17.3 Å². The zero-order valence-corrected chi connectivity index (χ0v) is 16.1. The summed E-state index contributed by atoms with van der Waals surface area (Å²) >= 11 is 6.06. The molecule has 0 aliphatic rings. The third-order valence-electron chi connectivity index (χ3n) is 4.65. The molecule has 0 bridgehead atoms. The van der Waals surface area contributed by atoms with Crippen molar-refractivity contribution in [2.45, 2.75) is 13.1 Å². The lowest BCUT2D eigenvalue weighted by Gasteiger charge is -2.10. The second kappa shape index (κ2) is 7.93. The van der Waals surface area contributed by atoms with Gasteiger partial charge in [0.2, 0.25) is 5.91 Å². The fraction of sp³-hybridized carbons (Fsp3) is 0.0909. The predicted octanol–water partition coefficient (Wildman–Crippen LogP) is 4.28. The molecule has 0 saturated heterocycles. The van der Waals surface area contributed by atoms with Gasteiger partial charge < -0.3 is 14.5 Å². The fourth-order valence-electron chi connectivity index (χ4n) is 3.22. The summed E-state index contributed by atoms with van der Waals surface area (Å²) in [6, 6.07) is 16.9. The number of nitrogens with zero attached hydrogens (tertiary/aromatic N) is 2. The van der Waals surface area contributed by atoms with Crippen LogP contribution in [0.4, 0.5) is 10.1 Å². The predicted molar refractivity (Wildman–Crippen MR) is 112 cm³/mol. The van der Waals surface area contributed by atoms with E-state index in [-0.39, 0.29) is 30.4 Å². The highest BCUT2D eigenvalue weighted by atomic mass is 35.5. The molecule has 146 valence electrons. The van der Waals surface area contributed by atoms with Crippen LogP contribution in [0.2, 0.25) is 5.02 Å². The van der Waals surface area contributed by atoms with Gasteiger partial charge in [0.1, 0.15) is 17.9 Å². The van der Waals surface area contributed by atoms with Crippen molar-refractivity contribution in [2.24, 2.45) is 0 Å². The Balaban J connectivity index is 1.62. The molecule has 4 rings (SSSR count). The zero-order chi connectivity index (χ0) is 20.4. The number of pyridine rings is 1. The SMILES string of the molecule is O=C(Cn1ccc2ccn(Cc3ccccc3F)c2c1=O)Nc1ccccc1Cl. The van der Waals surface area contributed by atoms with Gasteiger partial charge in [-0.1, -0.05) is 41.9 Å². The number of rotatable bonds is 5. The molecule has 0 saturated carbocycles. The molecule has 5 nitrogen and oxygen atoms in total. The van der Waals surface area contributed by atoms with Crippen LogP contribution in [-0.4, -0.2) is 15.0 Å². The maximum atomic E-state index is 14.0. The topological polar surface area (TPSA) is 56.0 Å². The van der Waals surface area contributed by atoms with Gasteiger partial charge in [-0.2, -0.15) is 0 Å². The number of para-hydroxylation sites is 1. The monoisotopic (exact) mass is 409 g/mol. The first-order valence-corrected chi connectivity index (χ1v) is 9.37. The normalized spacial score (nSPS) is 11.0. The Morgan fingerprint density at radius 2 is 1.66 bits per heavy atom. The number of fused-ring (bicyclic) bond motifs is 1. The fourth-order valence-corrected chi connectivity index (χ4v) is 3.40. The molecule has 0 atom stereocenters. The van der Waals surface area contributed by atoms with E-state index in [0.717, 1.165) is 5.39 Å². The second-order valence-corrected chi connectivity index (χ2v) is 7.02. The lowest BCUT2D eigenvalue weighted by Crippen LogP contribution is -2.28.